The number of likely N-dealkylation sites (N-methyl/N-ethyl adjacent to an activating group) is 1. The van der Waals surface area contributed by atoms with Crippen molar-refractivity contribution in [3.05, 3.63) is 0 Å². The zero-order chi connectivity index (χ0) is 11.5. The van der Waals surface area contributed by atoms with Crippen molar-refractivity contribution in [2.45, 2.75) is 31.6 Å². The van der Waals surface area contributed by atoms with Crippen molar-refractivity contribution >= 4 is 24.5 Å². The molecule has 0 aliphatic rings. The van der Waals surface area contributed by atoms with Crippen LogP contribution in [0.25, 0.3) is 0 Å². The van der Waals surface area contributed by atoms with E-state index in [1.807, 2.05) is 0 Å². The smallest absolute Gasteiger partial charge is 0.324 e. The Balaban J connectivity index is 4.67. The lowest BCUT2D eigenvalue weighted by Gasteiger charge is -2.33. The van der Waals surface area contributed by atoms with Crippen LogP contribution in [0.2, 0.25) is 0 Å². The van der Waals surface area contributed by atoms with E-state index in [1.54, 1.807) is 13.8 Å². The molecular weight excluding hydrogens is 204 g/mol. The highest BCUT2D eigenvalue weighted by Crippen LogP contribution is 2.21. The molecule has 0 spiro atoms. The zero-order valence-electron chi connectivity index (χ0n) is 8.74. The second-order valence-corrected chi connectivity index (χ2v) is 4.83. The molecule has 0 fully saturated rings. The molecule has 6 heteroatoms. The van der Waals surface area contributed by atoms with E-state index in [-0.39, 0.29) is 5.91 Å². The van der Waals surface area contributed by atoms with E-state index in [2.05, 4.69) is 18.1 Å². The molecule has 0 aromatic heterocycles. The standard InChI is InChI=1S/C8H16N2O3S/c1-5(11)9-10(4)6(7(12)13)8(2,3)14/h6,14H,1-4H3,(H,9,11)(H,12,13)/t6-/m1/s1. The van der Waals surface area contributed by atoms with E-state index in [4.69, 9.17) is 5.11 Å². The fraction of sp³-hybridized carbons (Fsp3) is 0.750. The average molecular weight is 220 g/mol. The number of rotatable bonds is 4. The third kappa shape index (κ3) is 3.97. The van der Waals surface area contributed by atoms with Gasteiger partial charge in [0.25, 0.3) is 0 Å². The lowest BCUT2D eigenvalue weighted by Crippen LogP contribution is -2.56. The van der Waals surface area contributed by atoms with E-state index in [9.17, 15) is 9.59 Å². The van der Waals surface area contributed by atoms with Crippen LogP contribution in [0.3, 0.4) is 0 Å². The number of amides is 1. The molecule has 0 rings (SSSR count). The topological polar surface area (TPSA) is 69.6 Å². The van der Waals surface area contributed by atoms with Crippen molar-refractivity contribution in [2.75, 3.05) is 7.05 Å². The highest BCUT2D eigenvalue weighted by atomic mass is 32.1. The van der Waals surface area contributed by atoms with Gasteiger partial charge in [0.2, 0.25) is 5.91 Å². The van der Waals surface area contributed by atoms with Gasteiger partial charge in [0.15, 0.2) is 0 Å². The number of nitrogens with one attached hydrogen (secondary N) is 1. The van der Waals surface area contributed by atoms with E-state index in [0.717, 1.165) is 0 Å². The molecule has 0 radical (unpaired) electrons. The maximum Gasteiger partial charge on any atom is 0.324 e. The van der Waals surface area contributed by atoms with Crippen molar-refractivity contribution in [3.8, 4) is 0 Å². The summed E-state index contributed by atoms with van der Waals surface area (Å²) in [4.78, 5) is 21.7. The van der Waals surface area contributed by atoms with Crippen molar-refractivity contribution in [3.63, 3.8) is 0 Å². The fourth-order valence-electron chi connectivity index (χ4n) is 1.25. The predicted molar refractivity (Wildman–Crippen MR) is 56.1 cm³/mol. The molecule has 1 atom stereocenters. The Hall–Kier alpha value is -0.750. The van der Waals surface area contributed by atoms with E-state index >= 15 is 0 Å². The minimum absolute atomic E-state index is 0.309. The van der Waals surface area contributed by atoms with E-state index < -0.39 is 16.8 Å². The Morgan fingerprint density at radius 3 is 2.14 bits per heavy atom. The highest BCUT2D eigenvalue weighted by molar-refractivity contribution is 7.81. The second-order valence-electron chi connectivity index (χ2n) is 3.67. The summed E-state index contributed by atoms with van der Waals surface area (Å²) in [5.74, 6) is -1.34. The minimum Gasteiger partial charge on any atom is -0.480 e. The van der Waals surface area contributed by atoms with Crippen molar-refractivity contribution < 1.29 is 14.7 Å². The molecule has 82 valence electrons. The molecule has 0 aromatic carbocycles. The van der Waals surface area contributed by atoms with Crippen LogP contribution in [0, 0.1) is 0 Å². The lowest BCUT2D eigenvalue weighted by atomic mass is 10.0. The van der Waals surface area contributed by atoms with Gasteiger partial charge in [-0.2, -0.15) is 12.6 Å². The number of carboxylic acids is 1. The van der Waals surface area contributed by atoms with Crippen molar-refractivity contribution in [1.82, 2.24) is 10.4 Å². The molecule has 0 aliphatic carbocycles. The zero-order valence-corrected chi connectivity index (χ0v) is 9.63. The third-order valence-corrected chi connectivity index (χ3v) is 1.87. The summed E-state index contributed by atoms with van der Waals surface area (Å²) in [5, 5.41) is 10.2. The number of thiol groups is 1. The Morgan fingerprint density at radius 1 is 1.50 bits per heavy atom. The van der Waals surface area contributed by atoms with Crippen LogP contribution in [-0.4, -0.2) is 39.8 Å². The van der Waals surface area contributed by atoms with Crippen LogP contribution in [0.4, 0.5) is 0 Å². The number of carboxylic acid groups (broad SMARTS) is 1. The molecular formula is C8H16N2O3S. The molecule has 0 unspecified atom stereocenters. The molecule has 0 aromatic rings. The van der Waals surface area contributed by atoms with E-state index in [0.29, 0.717) is 0 Å². The van der Waals surface area contributed by atoms with Crippen LogP contribution in [-0.2, 0) is 9.59 Å². The molecule has 5 nitrogen and oxygen atoms in total. The van der Waals surface area contributed by atoms with Crippen molar-refractivity contribution in [2.24, 2.45) is 0 Å². The third-order valence-electron chi connectivity index (χ3n) is 1.62. The molecule has 2 N–H and O–H groups in total. The molecule has 0 bridgehead atoms. The van der Waals surface area contributed by atoms with Gasteiger partial charge in [0, 0.05) is 18.7 Å². The lowest BCUT2D eigenvalue weighted by molar-refractivity contribution is -0.146. The summed E-state index contributed by atoms with van der Waals surface area (Å²) in [6, 6.07) is -0.880. The summed E-state index contributed by atoms with van der Waals surface area (Å²) >= 11 is 4.18. The van der Waals surface area contributed by atoms with Crippen LogP contribution >= 0.6 is 12.6 Å². The van der Waals surface area contributed by atoms with E-state index in [1.165, 1.54) is 19.0 Å². The summed E-state index contributed by atoms with van der Waals surface area (Å²) in [5.41, 5.74) is 2.40. The molecule has 0 aliphatic heterocycles. The van der Waals surface area contributed by atoms with Gasteiger partial charge in [0.1, 0.15) is 6.04 Å². The minimum atomic E-state index is -1.03. The van der Waals surface area contributed by atoms with Crippen molar-refractivity contribution in [1.29, 1.82) is 0 Å². The van der Waals surface area contributed by atoms with Gasteiger partial charge in [-0.1, -0.05) is 0 Å². The Labute approximate surface area is 88.8 Å². The molecule has 14 heavy (non-hydrogen) atoms. The number of carbonyl (C=O) groups is 2. The molecule has 0 heterocycles. The summed E-state index contributed by atoms with van der Waals surface area (Å²) in [7, 11) is 1.50. The van der Waals surface area contributed by atoms with Gasteiger partial charge < -0.3 is 5.11 Å². The molecule has 1 amide bonds. The monoisotopic (exact) mass is 220 g/mol. The summed E-state index contributed by atoms with van der Waals surface area (Å²) in [6.07, 6.45) is 0. The van der Waals surface area contributed by atoms with Crippen LogP contribution in [0.1, 0.15) is 20.8 Å². The van der Waals surface area contributed by atoms with Gasteiger partial charge in [-0.05, 0) is 13.8 Å². The fourth-order valence-corrected chi connectivity index (χ4v) is 1.54. The molecule has 0 saturated heterocycles. The van der Waals surface area contributed by atoms with Crippen LogP contribution in [0.15, 0.2) is 0 Å². The largest absolute Gasteiger partial charge is 0.480 e. The first-order valence-electron chi connectivity index (χ1n) is 4.11. The number of hydrazine groups is 1. The maximum atomic E-state index is 10.9. The number of nitrogens with zero attached hydrogens (tertiary/aromatic N) is 1. The highest BCUT2D eigenvalue weighted by Gasteiger charge is 2.36. The first kappa shape index (κ1) is 13.2. The normalized spacial score (nSPS) is 13.9. The number of aliphatic carboxylic acids is 1. The SMILES string of the molecule is CC(=O)NN(C)[C@H](C(=O)O)C(C)(C)S. The first-order valence-corrected chi connectivity index (χ1v) is 4.56. The van der Waals surface area contributed by atoms with Gasteiger partial charge in [0.05, 0.1) is 0 Å². The predicted octanol–water partition coefficient (Wildman–Crippen LogP) is 0.131. The summed E-state index contributed by atoms with van der Waals surface area (Å²) in [6.45, 7) is 4.67. The average Bonchev–Trinajstić information content (AvgIpc) is 1.78. The van der Waals surface area contributed by atoms with Gasteiger partial charge in [-0.3, -0.25) is 15.0 Å². The Bertz CT molecular complexity index is 237. The summed E-state index contributed by atoms with van der Waals surface area (Å²) < 4.78 is -0.747. The van der Waals surface area contributed by atoms with Crippen LogP contribution in [0.5, 0.6) is 0 Å². The number of carbonyl (C=O) groups excluding carboxylic acids is 1. The number of hydrogen-bond donors (Lipinski definition) is 3. The number of hydrogen-bond acceptors (Lipinski definition) is 4. The Kier molecular flexibility index (Phi) is 4.41. The quantitative estimate of drug-likeness (QED) is 0.465. The maximum absolute atomic E-state index is 10.9. The van der Waals surface area contributed by atoms with Gasteiger partial charge >= 0.3 is 5.97 Å². The van der Waals surface area contributed by atoms with Crippen LogP contribution < -0.4 is 5.43 Å². The van der Waals surface area contributed by atoms with Gasteiger partial charge in [-0.25, -0.2) is 5.01 Å². The second kappa shape index (κ2) is 4.65. The Morgan fingerprint density at radius 2 is 1.93 bits per heavy atom. The molecule has 0 saturated carbocycles. The first-order chi connectivity index (χ1) is 6.16. The van der Waals surface area contributed by atoms with Gasteiger partial charge in [-0.15, -0.1) is 0 Å².